The van der Waals surface area contributed by atoms with Crippen LogP contribution < -0.4 is 0 Å². The molecule has 8 nitrogen and oxygen atoms in total. The number of hydrogen-bond donors (Lipinski definition) is 2. The van der Waals surface area contributed by atoms with Gasteiger partial charge >= 0.3 is 11.9 Å². The van der Waals surface area contributed by atoms with Crippen molar-refractivity contribution < 1.29 is 24.4 Å². The van der Waals surface area contributed by atoms with E-state index in [0.717, 1.165) is 0 Å². The van der Waals surface area contributed by atoms with Gasteiger partial charge in [0.25, 0.3) is 0 Å². The van der Waals surface area contributed by atoms with E-state index >= 15 is 0 Å². The smallest absolute Gasteiger partial charge is 0.334 e. The van der Waals surface area contributed by atoms with Gasteiger partial charge in [0.05, 0.1) is 16.6 Å². The summed E-state index contributed by atoms with van der Waals surface area (Å²) in [5.74, 6) is -2.74. The number of fused-ring (bicyclic) bond motifs is 1. The topological polar surface area (TPSA) is 117 Å². The fourth-order valence-electron chi connectivity index (χ4n) is 4.21. The maximum atomic E-state index is 12.4. The van der Waals surface area contributed by atoms with Crippen LogP contribution in [0.1, 0.15) is 33.3 Å². The van der Waals surface area contributed by atoms with Crippen LogP contribution >= 0.6 is 0 Å². The number of rotatable bonds is 4. The van der Waals surface area contributed by atoms with E-state index < -0.39 is 23.3 Å². The van der Waals surface area contributed by atoms with Crippen molar-refractivity contribution in [1.29, 1.82) is 0 Å². The molecule has 3 rings (SSSR count). The number of benzene rings is 1. The number of allylic oxidation sites excluding steroid dienone is 2. The van der Waals surface area contributed by atoms with Crippen molar-refractivity contribution in [2.75, 3.05) is 7.05 Å². The molecule has 0 amide bonds. The molecule has 0 fully saturated rings. The molecule has 0 spiro atoms. The van der Waals surface area contributed by atoms with Gasteiger partial charge < -0.3 is 15.1 Å². The number of carbonyl (C=O) groups is 2. The molecule has 1 aliphatic rings. The Morgan fingerprint density at radius 3 is 2.11 bits per heavy atom. The summed E-state index contributed by atoms with van der Waals surface area (Å²) in [6, 6.07) is 5.09. The van der Waals surface area contributed by atoms with Crippen LogP contribution in [0.2, 0.25) is 0 Å². The maximum Gasteiger partial charge on any atom is 0.334 e. The van der Waals surface area contributed by atoms with Gasteiger partial charge in [-0.05, 0) is 41.7 Å². The van der Waals surface area contributed by atoms with Crippen molar-refractivity contribution in [2.24, 2.45) is 5.92 Å². The summed E-state index contributed by atoms with van der Waals surface area (Å²) in [7, 11) is 1.67. The van der Waals surface area contributed by atoms with Crippen LogP contribution in [0.3, 0.4) is 0 Å². The molecule has 0 atom stereocenters. The molecule has 2 aromatic rings. The Kier molecular flexibility index (Phi) is 4.29. The molecule has 0 unspecified atom stereocenters. The standard InChI is InChI=1S/C19H21N3O5/c1-9(2)19(12-7-6-8-13-16(12)21-27-20-13)14(17(23)24)10(3)22(5)11(4)15(19)18(25)26/h6-9H,1-5H3,(H,23,24)(H,25,26). The largest absolute Gasteiger partial charge is 0.478 e. The molecule has 2 N–H and O–H groups in total. The fraction of sp³-hybridized carbons (Fsp3) is 0.368. The zero-order valence-electron chi connectivity index (χ0n) is 15.8. The van der Waals surface area contributed by atoms with Gasteiger partial charge in [-0.25, -0.2) is 14.2 Å². The third kappa shape index (κ3) is 2.36. The quantitative estimate of drug-likeness (QED) is 0.842. The fourth-order valence-corrected chi connectivity index (χ4v) is 4.21. The summed E-state index contributed by atoms with van der Waals surface area (Å²) in [5.41, 5.74) is 0.815. The highest BCUT2D eigenvalue weighted by molar-refractivity contribution is 6.02. The minimum absolute atomic E-state index is 0.0125. The zero-order chi connectivity index (χ0) is 20.1. The summed E-state index contributed by atoms with van der Waals surface area (Å²) in [4.78, 5) is 26.4. The van der Waals surface area contributed by atoms with Crippen molar-refractivity contribution in [1.82, 2.24) is 15.2 Å². The highest BCUT2D eigenvalue weighted by Crippen LogP contribution is 2.52. The van der Waals surface area contributed by atoms with Crippen LogP contribution in [0.15, 0.2) is 45.4 Å². The van der Waals surface area contributed by atoms with Gasteiger partial charge in [0.1, 0.15) is 11.0 Å². The molecule has 0 aliphatic carbocycles. The van der Waals surface area contributed by atoms with Crippen molar-refractivity contribution in [3.63, 3.8) is 0 Å². The second-order valence-electron chi connectivity index (χ2n) is 6.99. The summed E-state index contributed by atoms with van der Waals surface area (Å²) < 4.78 is 4.85. The summed E-state index contributed by atoms with van der Waals surface area (Å²) >= 11 is 0. The number of aromatic nitrogens is 2. The lowest BCUT2D eigenvalue weighted by molar-refractivity contribution is -0.135. The van der Waals surface area contributed by atoms with Gasteiger partial charge in [0.15, 0.2) is 0 Å². The summed E-state index contributed by atoms with van der Waals surface area (Å²) in [6.45, 7) is 6.99. The predicted octanol–water partition coefficient (Wildman–Crippen LogP) is 2.78. The molecule has 0 bridgehead atoms. The second kappa shape index (κ2) is 6.22. The van der Waals surface area contributed by atoms with E-state index in [2.05, 4.69) is 10.3 Å². The summed E-state index contributed by atoms with van der Waals surface area (Å²) in [5, 5.41) is 28.0. The van der Waals surface area contributed by atoms with Crippen LogP contribution in [-0.2, 0) is 15.0 Å². The lowest BCUT2D eigenvalue weighted by Crippen LogP contribution is -2.48. The van der Waals surface area contributed by atoms with E-state index in [0.29, 0.717) is 28.0 Å². The first-order valence-corrected chi connectivity index (χ1v) is 8.50. The molecule has 27 heavy (non-hydrogen) atoms. The van der Waals surface area contributed by atoms with Gasteiger partial charge in [-0.1, -0.05) is 26.0 Å². The lowest BCUT2D eigenvalue weighted by Gasteiger charge is -2.46. The molecule has 2 heterocycles. The van der Waals surface area contributed by atoms with Crippen molar-refractivity contribution in [3.8, 4) is 0 Å². The molecular weight excluding hydrogens is 350 g/mol. The van der Waals surface area contributed by atoms with Crippen LogP contribution in [0.25, 0.3) is 11.0 Å². The molecule has 1 aromatic carbocycles. The van der Waals surface area contributed by atoms with Gasteiger partial charge in [-0.3, -0.25) is 0 Å². The number of carboxylic acid groups (broad SMARTS) is 2. The number of nitrogens with zero attached hydrogens (tertiary/aromatic N) is 3. The Morgan fingerprint density at radius 2 is 1.63 bits per heavy atom. The molecule has 0 radical (unpaired) electrons. The normalized spacial score (nSPS) is 17.2. The van der Waals surface area contributed by atoms with Crippen LogP contribution in [0, 0.1) is 5.92 Å². The van der Waals surface area contributed by atoms with Gasteiger partial charge in [0.2, 0.25) is 0 Å². The molecule has 0 saturated heterocycles. The maximum absolute atomic E-state index is 12.4. The lowest BCUT2D eigenvalue weighted by atomic mass is 9.59. The average Bonchev–Trinajstić information content (AvgIpc) is 3.06. The Bertz CT molecular complexity index is 977. The minimum Gasteiger partial charge on any atom is -0.478 e. The van der Waals surface area contributed by atoms with Crippen LogP contribution in [0.4, 0.5) is 0 Å². The molecule has 1 aromatic heterocycles. The molecule has 0 saturated carbocycles. The Morgan fingerprint density at radius 1 is 1.07 bits per heavy atom. The first kappa shape index (κ1) is 18.6. The number of hydrogen-bond acceptors (Lipinski definition) is 6. The van der Waals surface area contributed by atoms with E-state index in [4.69, 9.17) is 4.63 Å². The third-order valence-electron chi connectivity index (χ3n) is 5.52. The van der Waals surface area contributed by atoms with Crippen molar-refractivity contribution in [2.45, 2.75) is 33.1 Å². The Balaban J connectivity index is 2.58. The minimum atomic E-state index is -1.42. The van der Waals surface area contributed by atoms with Gasteiger partial charge in [0, 0.05) is 18.4 Å². The number of carboxylic acids is 2. The molecule has 142 valence electrons. The highest BCUT2D eigenvalue weighted by Gasteiger charge is 2.54. The third-order valence-corrected chi connectivity index (χ3v) is 5.52. The molecule has 1 aliphatic heterocycles. The van der Waals surface area contributed by atoms with Gasteiger partial charge in [-0.2, -0.15) is 0 Å². The SMILES string of the molecule is CC1=C(C(=O)O)C(c2cccc3nonc23)(C(C)C)C(C(=O)O)=C(C)N1C. The highest BCUT2D eigenvalue weighted by atomic mass is 16.6. The number of aliphatic carboxylic acids is 2. The van der Waals surface area contributed by atoms with Crippen LogP contribution in [0.5, 0.6) is 0 Å². The van der Waals surface area contributed by atoms with Gasteiger partial charge in [-0.15, -0.1) is 0 Å². The zero-order valence-corrected chi connectivity index (χ0v) is 15.8. The van der Waals surface area contributed by atoms with E-state index in [9.17, 15) is 19.8 Å². The molecular formula is C19H21N3O5. The van der Waals surface area contributed by atoms with E-state index in [-0.39, 0.29) is 11.1 Å². The van der Waals surface area contributed by atoms with E-state index in [1.54, 1.807) is 44.0 Å². The monoisotopic (exact) mass is 371 g/mol. The second-order valence-corrected chi connectivity index (χ2v) is 6.99. The van der Waals surface area contributed by atoms with Crippen molar-refractivity contribution >= 4 is 23.0 Å². The van der Waals surface area contributed by atoms with E-state index in [1.165, 1.54) is 0 Å². The van der Waals surface area contributed by atoms with Crippen molar-refractivity contribution in [3.05, 3.63) is 46.3 Å². The molecule has 8 heteroatoms. The Labute approximate surface area is 155 Å². The predicted molar refractivity (Wildman–Crippen MR) is 96.8 cm³/mol. The summed E-state index contributed by atoms with van der Waals surface area (Å²) in [6.07, 6.45) is 0. The van der Waals surface area contributed by atoms with Crippen LogP contribution in [-0.4, -0.2) is 44.4 Å². The first-order valence-electron chi connectivity index (χ1n) is 8.50. The Hall–Kier alpha value is -3.16. The average molecular weight is 371 g/mol. The van der Waals surface area contributed by atoms with E-state index in [1.807, 2.05) is 13.8 Å². The first-order chi connectivity index (χ1) is 12.7.